The number of piperidine rings is 1. The maximum atomic E-state index is 9.31. The van der Waals surface area contributed by atoms with E-state index in [9.17, 15) is 5.26 Å². The Hall–Kier alpha value is -1.18. The summed E-state index contributed by atoms with van der Waals surface area (Å²) in [5.74, 6) is 0. The van der Waals surface area contributed by atoms with Crippen LogP contribution < -0.4 is 10.6 Å². The average Bonchev–Trinajstić information content (AvgIpc) is 2.37. The normalized spacial score (nSPS) is 20.1. The van der Waals surface area contributed by atoms with E-state index in [1.807, 2.05) is 24.5 Å². The van der Waals surface area contributed by atoms with E-state index in [0.29, 0.717) is 0 Å². The molecule has 0 radical (unpaired) electrons. The number of benzene rings is 1. The third kappa shape index (κ3) is 2.56. The second-order valence-electron chi connectivity index (χ2n) is 4.31. The van der Waals surface area contributed by atoms with Crippen LogP contribution in [0.25, 0.3) is 0 Å². The van der Waals surface area contributed by atoms with Crippen molar-refractivity contribution >= 4 is 17.4 Å². The molecule has 2 N–H and O–H groups in total. The van der Waals surface area contributed by atoms with E-state index in [-0.39, 0.29) is 6.04 Å². The van der Waals surface area contributed by atoms with Crippen LogP contribution in [0.1, 0.15) is 18.4 Å². The predicted octanol–water partition coefficient (Wildman–Crippen LogP) is 2.21. The van der Waals surface area contributed by atoms with Crippen LogP contribution in [0, 0.1) is 11.3 Å². The van der Waals surface area contributed by atoms with Gasteiger partial charge in [-0.3, -0.25) is 0 Å². The van der Waals surface area contributed by atoms with Gasteiger partial charge in [0.2, 0.25) is 0 Å². The molecule has 2 rings (SSSR count). The number of thioether (sulfide) groups is 1. The van der Waals surface area contributed by atoms with Crippen LogP contribution in [0.2, 0.25) is 0 Å². The van der Waals surface area contributed by atoms with Gasteiger partial charge in [-0.1, -0.05) is 6.07 Å². The van der Waals surface area contributed by atoms with Crippen LogP contribution in [-0.4, -0.2) is 25.4 Å². The highest BCUT2D eigenvalue weighted by molar-refractivity contribution is 7.98. The van der Waals surface area contributed by atoms with E-state index < -0.39 is 0 Å². The van der Waals surface area contributed by atoms with Gasteiger partial charge in [0.1, 0.15) is 6.07 Å². The number of nitrogens with zero attached hydrogens (tertiary/aromatic N) is 2. The van der Waals surface area contributed by atoms with Gasteiger partial charge in [-0.2, -0.15) is 5.26 Å². The SMILES string of the molecule is CSc1cccc(N2CCCC(N)C2)c1C#N. The molecule has 4 heteroatoms. The third-order valence-electron chi connectivity index (χ3n) is 3.13. The van der Waals surface area contributed by atoms with Gasteiger partial charge in [0, 0.05) is 24.0 Å². The summed E-state index contributed by atoms with van der Waals surface area (Å²) in [7, 11) is 0. The number of nitrogens with two attached hydrogens (primary N) is 1. The molecule has 17 heavy (non-hydrogen) atoms. The molecule has 1 aromatic rings. The van der Waals surface area contributed by atoms with Crippen LogP contribution in [0.5, 0.6) is 0 Å². The summed E-state index contributed by atoms with van der Waals surface area (Å²) in [4.78, 5) is 3.29. The van der Waals surface area contributed by atoms with Crippen molar-refractivity contribution in [3.63, 3.8) is 0 Å². The number of anilines is 1. The minimum absolute atomic E-state index is 0.230. The summed E-state index contributed by atoms with van der Waals surface area (Å²) in [6.45, 7) is 1.85. The van der Waals surface area contributed by atoms with Crippen molar-refractivity contribution in [1.29, 1.82) is 5.26 Å². The van der Waals surface area contributed by atoms with Crippen molar-refractivity contribution in [3.05, 3.63) is 23.8 Å². The second-order valence-corrected chi connectivity index (χ2v) is 5.16. The topological polar surface area (TPSA) is 53.0 Å². The van der Waals surface area contributed by atoms with Crippen molar-refractivity contribution in [2.45, 2.75) is 23.8 Å². The van der Waals surface area contributed by atoms with E-state index in [4.69, 9.17) is 5.73 Å². The quantitative estimate of drug-likeness (QED) is 0.814. The molecule has 0 spiro atoms. The maximum Gasteiger partial charge on any atom is 0.103 e. The first-order valence-corrected chi connectivity index (χ1v) is 7.06. The Bertz CT molecular complexity index is 439. The highest BCUT2D eigenvalue weighted by Gasteiger charge is 2.20. The van der Waals surface area contributed by atoms with Gasteiger partial charge in [-0.05, 0) is 31.2 Å². The predicted molar refractivity (Wildman–Crippen MR) is 72.4 cm³/mol. The summed E-state index contributed by atoms with van der Waals surface area (Å²) in [5, 5.41) is 9.31. The smallest absolute Gasteiger partial charge is 0.103 e. The fourth-order valence-corrected chi connectivity index (χ4v) is 2.86. The molecular formula is C13H17N3S. The van der Waals surface area contributed by atoms with E-state index in [0.717, 1.165) is 42.1 Å². The Morgan fingerprint density at radius 2 is 2.35 bits per heavy atom. The lowest BCUT2D eigenvalue weighted by atomic mass is 10.0. The Morgan fingerprint density at radius 3 is 3.00 bits per heavy atom. The minimum Gasteiger partial charge on any atom is -0.369 e. The molecule has 1 aliphatic heterocycles. The van der Waals surface area contributed by atoms with Crippen LogP contribution in [-0.2, 0) is 0 Å². The highest BCUT2D eigenvalue weighted by atomic mass is 32.2. The molecule has 0 bridgehead atoms. The highest BCUT2D eigenvalue weighted by Crippen LogP contribution is 2.30. The summed E-state index contributed by atoms with van der Waals surface area (Å²) >= 11 is 1.62. The molecule has 1 atom stereocenters. The van der Waals surface area contributed by atoms with Crippen LogP contribution in [0.15, 0.2) is 23.1 Å². The van der Waals surface area contributed by atoms with Gasteiger partial charge in [0.15, 0.2) is 0 Å². The van der Waals surface area contributed by atoms with Crippen molar-refractivity contribution in [2.75, 3.05) is 24.2 Å². The van der Waals surface area contributed by atoms with Gasteiger partial charge in [-0.25, -0.2) is 0 Å². The first-order chi connectivity index (χ1) is 8.26. The van der Waals surface area contributed by atoms with Gasteiger partial charge in [0.05, 0.1) is 11.3 Å². The summed E-state index contributed by atoms with van der Waals surface area (Å²) in [6, 6.07) is 8.59. The number of rotatable bonds is 2. The van der Waals surface area contributed by atoms with Crippen LogP contribution in [0.4, 0.5) is 5.69 Å². The van der Waals surface area contributed by atoms with Crippen molar-refractivity contribution < 1.29 is 0 Å². The monoisotopic (exact) mass is 247 g/mol. The van der Waals surface area contributed by atoms with Gasteiger partial charge in [0.25, 0.3) is 0 Å². The Morgan fingerprint density at radius 1 is 1.53 bits per heavy atom. The first kappa shape index (κ1) is 12.3. The van der Waals surface area contributed by atoms with Crippen molar-refractivity contribution in [1.82, 2.24) is 0 Å². The van der Waals surface area contributed by atoms with Gasteiger partial charge < -0.3 is 10.6 Å². The van der Waals surface area contributed by atoms with Crippen LogP contribution >= 0.6 is 11.8 Å². The van der Waals surface area contributed by atoms with Crippen LogP contribution in [0.3, 0.4) is 0 Å². The fourth-order valence-electron chi connectivity index (χ4n) is 2.29. The van der Waals surface area contributed by atoms with Crippen molar-refractivity contribution in [2.24, 2.45) is 5.73 Å². The fraction of sp³-hybridized carbons (Fsp3) is 0.462. The van der Waals surface area contributed by atoms with Gasteiger partial charge >= 0.3 is 0 Å². The maximum absolute atomic E-state index is 9.31. The number of hydrogen-bond acceptors (Lipinski definition) is 4. The number of nitriles is 1. The Balaban J connectivity index is 2.34. The lowest BCUT2D eigenvalue weighted by Crippen LogP contribution is -2.43. The molecule has 1 heterocycles. The standard InChI is InChI=1S/C13H17N3S/c1-17-13-6-2-5-12(11(13)8-14)16-7-3-4-10(15)9-16/h2,5-6,10H,3-4,7,9,15H2,1H3. The molecule has 90 valence electrons. The van der Waals surface area contributed by atoms with E-state index in [2.05, 4.69) is 11.0 Å². The Labute approximate surface area is 107 Å². The molecule has 1 unspecified atom stereocenters. The summed E-state index contributed by atoms with van der Waals surface area (Å²) in [6.07, 6.45) is 4.19. The molecule has 1 aromatic carbocycles. The average molecular weight is 247 g/mol. The number of hydrogen-bond donors (Lipinski definition) is 1. The molecule has 3 nitrogen and oxygen atoms in total. The third-order valence-corrected chi connectivity index (χ3v) is 3.91. The lowest BCUT2D eigenvalue weighted by molar-refractivity contribution is 0.506. The first-order valence-electron chi connectivity index (χ1n) is 5.84. The van der Waals surface area contributed by atoms with E-state index >= 15 is 0 Å². The molecule has 0 amide bonds. The second kappa shape index (κ2) is 5.44. The molecule has 0 aliphatic carbocycles. The van der Waals surface area contributed by atoms with Crippen molar-refractivity contribution in [3.8, 4) is 6.07 Å². The zero-order valence-electron chi connectivity index (χ0n) is 10.0. The summed E-state index contributed by atoms with van der Waals surface area (Å²) < 4.78 is 0. The minimum atomic E-state index is 0.230. The van der Waals surface area contributed by atoms with E-state index in [1.54, 1.807) is 11.8 Å². The molecule has 0 aromatic heterocycles. The molecule has 0 saturated carbocycles. The Kier molecular flexibility index (Phi) is 3.93. The lowest BCUT2D eigenvalue weighted by Gasteiger charge is -2.33. The molecular weight excluding hydrogens is 230 g/mol. The molecule has 1 fully saturated rings. The van der Waals surface area contributed by atoms with Gasteiger partial charge in [-0.15, -0.1) is 11.8 Å². The zero-order valence-corrected chi connectivity index (χ0v) is 10.8. The van der Waals surface area contributed by atoms with E-state index in [1.165, 1.54) is 0 Å². The largest absolute Gasteiger partial charge is 0.369 e. The zero-order chi connectivity index (χ0) is 12.3. The molecule has 1 saturated heterocycles. The summed E-state index contributed by atoms with van der Waals surface area (Å²) in [5.41, 5.74) is 7.82. The molecule has 1 aliphatic rings.